The van der Waals surface area contributed by atoms with E-state index in [1.54, 1.807) is 0 Å². The number of rotatable bonds is 3. The first-order valence-corrected chi connectivity index (χ1v) is 8.12. The molecule has 3 unspecified atom stereocenters. The van der Waals surface area contributed by atoms with Gasteiger partial charge >= 0.3 is 90.1 Å². The van der Waals surface area contributed by atoms with Crippen LogP contribution in [0.4, 0.5) is 0 Å². The van der Waals surface area contributed by atoms with Crippen LogP contribution in [-0.2, 0) is 4.74 Å². The van der Waals surface area contributed by atoms with Gasteiger partial charge in [-0.1, -0.05) is 0 Å². The van der Waals surface area contributed by atoms with E-state index < -0.39 is 0 Å². The van der Waals surface area contributed by atoms with Crippen LogP contribution in [0.3, 0.4) is 0 Å². The van der Waals surface area contributed by atoms with Gasteiger partial charge in [-0.05, 0) is 0 Å². The average Bonchev–Trinajstić information content (AvgIpc) is 2.90. The Hall–Kier alpha value is 0.650. The molecule has 1 aliphatic carbocycles. The Balaban J connectivity index is 1.48. The Labute approximate surface area is 90.1 Å². The molecule has 3 atom stereocenters. The molecule has 0 aromatic rings. The van der Waals surface area contributed by atoms with Crippen molar-refractivity contribution in [2.24, 2.45) is 5.92 Å². The normalized spacial score (nSPS) is 44.5. The van der Waals surface area contributed by atoms with Gasteiger partial charge in [0.2, 0.25) is 0 Å². The number of nitrogens with one attached hydrogen (secondary N) is 1. The van der Waals surface area contributed by atoms with Crippen molar-refractivity contribution in [1.29, 1.82) is 0 Å². The van der Waals surface area contributed by atoms with Gasteiger partial charge in [-0.25, -0.2) is 0 Å². The summed E-state index contributed by atoms with van der Waals surface area (Å²) < 4.78 is 8.35. The minimum atomic E-state index is 0.469. The maximum absolute atomic E-state index is 5.97. The van der Waals surface area contributed by atoms with Gasteiger partial charge in [0.25, 0.3) is 0 Å². The third-order valence-corrected chi connectivity index (χ3v) is 6.66. The Morgan fingerprint density at radius 2 is 2.23 bits per heavy atom. The van der Waals surface area contributed by atoms with Gasteiger partial charge in [-0.3, -0.25) is 0 Å². The van der Waals surface area contributed by atoms with Crippen molar-refractivity contribution >= 4 is 0 Å². The van der Waals surface area contributed by atoms with Gasteiger partial charge in [0, 0.05) is 0 Å². The molecule has 2 saturated heterocycles. The van der Waals surface area contributed by atoms with Crippen molar-refractivity contribution < 1.29 is 25.9 Å². The summed E-state index contributed by atoms with van der Waals surface area (Å²) >= 11 is 0.469. The molecule has 3 heteroatoms. The molecule has 1 N–H and O–H groups in total. The predicted molar refractivity (Wildman–Crippen MR) is 47.3 cm³/mol. The predicted octanol–water partition coefficient (Wildman–Crippen LogP) is -2.04. The molecular formula is C10H17INO-. The molecule has 3 fully saturated rings. The summed E-state index contributed by atoms with van der Waals surface area (Å²) in [4.78, 5) is 0. The van der Waals surface area contributed by atoms with E-state index in [0.717, 1.165) is 22.6 Å². The number of hydrogen-bond acceptors (Lipinski definition) is 2. The second kappa shape index (κ2) is 3.66. The monoisotopic (exact) mass is 294 g/mol. The second-order valence-electron chi connectivity index (χ2n) is 4.51. The van der Waals surface area contributed by atoms with Crippen LogP contribution in [0.15, 0.2) is 0 Å². The van der Waals surface area contributed by atoms with E-state index in [1.807, 2.05) is 0 Å². The summed E-state index contributed by atoms with van der Waals surface area (Å²) in [6.07, 6.45) is 6.06. The van der Waals surface area contributed by atoms with Crippen molar-refractivity contribution in [3.63, 3.8) is 0 Å². The SMILES string of the molecule is C1CC1COC1CC2C[I-]C(C1)N2. The molecule has 3 rings (SSSR count). The fourth-order valence-electron chi connectivity index (χ4n) is 2.16. The first-order chi connectivity index (χ1) is 6.40. The zero-order chi connectivity index (χ0) is 8.67. The summed E-state index contributed by atoms with van der Waals surface area (Å²) in [5.41, 5.74) is 0. The fourth-order valence-corrected chi connectivity index (χ4v) is 5.69. The van der Waals surface area contributed by atoms with Gasteiger partial charge in [-0.15, -0.1) is 0 Å². The van der Waals surface area contributed by atoms with Crippen LogP contribution >= 0.6 is 0 Å². The van der Waals surface area contributed by atoms with Crippen LogP contribution in [-0.4, -0.2) is 27.2 Å². The molecule has 0 radical (unpaired) electrons. The Bertz CT molecular complexity index is 183. The topological polar surface area (TPSA) is 21.3 Å². The maximum atomic E-state index is 5.97. The molecule has 3 aliphatic rings. The molecule has 2 heterocycles. The second-order valence-corrected chi connectivity index (χ2v) is 7.78. The Kier molecular flexibility index (Phi) is 2.51. The van der Waals surface area contributed by atoms with Gasteiger partial charge in [0.15, 0.2) is 0 Å². The number of piperidine rings is 1. The molecule has 1 saturated carbocycles. The van der Waals surface area contributed by atoms with E-state index in [2.05, 4.69) is 5.32 Å². The van der Waals surface area contributed by atoms with E-state index in [1.165, 1.54) is 30.1 Å². The van der Waals surface area contributed by atoms with Gasteiger partial charge < -0.3 is 0 Å². The van der Waals surface area contributed by atoms with Crippen LogP contribution in [0.2, 0.25) is 0 Å². The van der Waals surface area contributed by atoms with Crippen molar-refractivity contribution in [1.82, 2.24) is 5.32 Å². The molecule has 76 valence electrons. The first-order valence-electron chi connectivity index (χ1n) is 5.35. The molecule has 13 heavy (non-hydrogen) atoms. The number of ether oxygens (including phenoxy) is 1. The number of halogens is 1. The molecule has 2 bridgehead atoms. The van der Waals surface area contributed by atoms with Gasteiger partial charge in [0.05, 0.1) is 0 Å². The molecule has 2 nitrogen and oxygen atoms in total. The van der Waals surface area contributed by atoms with Crippen molar-refractivity contribution in [3.05, 3.63) is 0 Å². The van der Waals surface area contributed by atoms with Crippen molar-refractivity contribution in [3.8, 4) is 0 Å². The Morgan fingerprint density at radius 1 is 1.31 bits per heavy atom. The van der Waals surface area contributed by atoms with E-state index >= 15 is 0 Å². The number of hydrogen-bond donors (Lipinski definition) is 1. The summed E-state index contributed by atoms with van der Waals surface area (Å²) in [5.74, 6) is 0.933. The van der Waals surface area contributed by atoms with E-state index in [4.69, 9.17) is 4.74 Å². The zero-order valence-corrected chi connectivity index (χ0v) is 10.00. The first kappa shape index (κ1) is 8.92. The van der Waals surface area contributed by atoms with Gasteiger partial charge in [-0.2, -0.15) is 0 Å². The standard InChI is InChI=1S/C10H17INO/c1-2-7(1)6-13-9-3-8-5-11-10(4-9)12-8/h7-10,12H,1-6H2/q-1. The molecule has 0 spiro atoms. The third kappa shape index (κ3) is 2.18. The zero-order valence-electron chi connectivity index (χ0n) is 7.84. The van der Waals surface area contributed by atoms with Crippen LogP contribution in [0, 0.1) is 5.92 Å². The van der Waals surface area contributed by atoms with E-state index in [9.17, 15) is 0 Å². The van der Waals surface area contributed by atoms with Crippen LogP contribution in [0.25, 0.3) is 0 Å². The average molecular weight is 294 g/mol. The van der Waals surface area contributed by atoms with Crippen molar-refractivity contribution in [2.45, 2.75) is 41.9 Å². The van der Waals surface area contributed by atoms with E-state index in [-0.39, 0.29) is 0 Å². The van der Waals surface area contributed by atoms with Crippen LogP contribution in [0.1, 0.15) is 25.7 Å². The molecule has 0 amide bonds. The Morgan fingerprint density at radius 3 is 3.00 bits per heavy atom. The van der Waals surface area contributed by atoms with Crippen LogP contribution in [0.5, 0.6) is 0 Å². The quantitative estimate of drug-likeness (QED) is 0.368. The molecular weight excluding hydrogens is 277 g/mol. The number of alkyl halides is 2. The van der Waals surface area contributed by atoms with Crippen LogP contribution < -0.4 is 26.5 Å². The molecule has 0 aromatic heterocycles. The molecule has 0 aromatic carbocycles. The summed E-state index contributed by atoms with van der Waals surface area (Å²) in [7, 11) is 0. The fraction of sp³-hybridized carbons (Fsp3) is 1.00. The third-order valence-electron chi connectivity index (χ3n) is 3.16. The summed E-state index contributed by atoms with van der Waals surface area (Å²) in [5, 5.41) is 3.69. The van der Waals surface area contributed by atoms with Crippen molar-refractivity contribution in [2.75, 3.05) is 11.0 Å². The van der Waals surface area contributed by atoms with E-state index in [0.29, 0.717) is 27.3 Å². The summed E-state index contributed by atoms with van der Waals surface area (Å²) in [6, 6.07) is 0.829. The van der Waals surface area contributed by atoms with Gasteiger partial charge in [0.1, 0.15) is 0 Å². The molecule has 2 aliphatic heterocycles. The minimum absolute atomic E-state index is 0.469. The summed E-state index contributed by atoms with van der Waals surface area (Å²) in [6.45, 7) is 1.06. The number of fused-ring (bicyclic) bond motifs is 2.